The Kier molecular flexibility index (Phi) is 6.46. The molecular formula is C18H25NO5. The molecule has 0 heterocycles. The van der Waals surface area contributed by atoms with E-state index in [2.05, 4.69) is 0 Å². The molecule has 0 bridgehead atoms. The summed E-state index contributed by atoms with van der Waals surface area (Å²) in [6.45, 7) is 0.366. The molecule has 0 spiro atoms. The molecule has 24 heavy (non-hydrogen) atoms. The highest BCUT2D eigenvalue weighted by Crippen LogP contribution is 2.30. The molecule has 1 aliphatic carbocycles. The van der Waals surface area contributed by atoms with E-state index in [1.165, 1.54) is 14.2 Å². The fraction of sp³-hybridized carbons (Fsp3) is 0.556. The molecule has 0 atom stereocenters. The normalized spacial score (nSPS) is 14.3. The maximum absolute atomic E-state index is 13.0. The molecular weight excluding hydrogens is 310 g/mol. The summed E-state index contributed by atoms with van der Waals surface area (Å²) in [6.07, 6.45) is 4.36. The van der Waals surface area contributed by atoms with Crippen molar-refractivity contribution in [3.05, 3.63) is 23.8 Å². The van der Waals surface area contributed by atoms with E-state index in [1.807, 2.05) is 0 Å². The molecule has 0 aromatic heterocycles. The van der Waals surface area contributed by atoms with Crippen LogP contribution in [0.1, 0.15) is 42.5 Å². The number of hydrogen-bond donors (Lipinski definition) is 0. The number of amides is 1. The fourth-order valence-corrected chi connectivity index (χ4v) is 3.11. The van der Waals surface area contributed by atoms with Crippen LogP contribution < -0.4 is 9.47 Å². The van der Waals surface area contributed by atoms with Crippen LogP contribution in [0.3, 0.4) is 0 Å². The van der Waals surface area contributed by atoms with Gasteiger partial charge in [-0.15, -0.1) is 0 Å². The molecule has 6 nitrogen and oxygen atoms in total. The Morgan fingerprint density at radius 3 is 2.33 bits per heavy atom. The Labute approximate surface area is 142 Å². The maximum atomic E-state index is 13.0. The van der Waals surface area contributed by atoms with Crippen LogP contribution in [0, 0.1) is 0 Å². The SMILES string of the molecule is COC(=O)CCN(C(=O)c1ccc(OC)c(OC)c1)C1CCCC1. The van der Waals surface area contributed by atoms with Gasteiger partial charge in [0.1, 0.15) is 0 Å². The molecule has 2 rings (SSSR count). The summed E-state index contributed by atoms with van der Waals surface area (Å²) in [7, 11) is 4.46. The van der Waals surface area contributed by atoms with Gasteiger partial charge in [-0.2, -0.15) is 0 Å². The molecule has 1 aliphatic rings. The maximum Gasteiger partial charge on any atom is 0.307 e. The van der Waals surface area contributed by atoms with E-state index in [4.69, 9.17) is 14.2 Å². The lowest BCUT2D eigenvalue weighted by molar-refractivity contribution is -0.140. The average Bonchev–Trinajstić information content (AvgIpc) is 3.15. The van der Waals surface area contributed by atoms with Gasteiger partial charge in [0, 0.05) is 18.2 Å². The van der Waals surface area contributed by atoms with E-state index in [9.17, 15) is 9.59 Å². The fourth-order valence-electron chi connectivity index (χ4n) is 3.11. The molecule has 132 valence electrons. The third kappa shape index (κ3) is 4.19. The molecule has 1 aromatic carbocycles. The quantitative estimate of drug-likeness (QED) is 0.717. The Balaban J connectivity index is 2.21. The second-order valence-corrected chi connectivity index (χ2v) is 5.83. The molecule has 1 fully saturated rings. The van der Waals surface area contributed by atoms with Gasteiger partial charge >= 0.3 is 5.97 Å². The topological polar surface area (TPSA) is 65.1 Å². The predicted molar refractivity (Wildman–Crippen MR) is 89.5 cm³/mol. The summed E-state index contributed by atoms with van der Waals surface area (Å²) in [5.74, 6) is 0.698. The van der Waals surface area contributed by atoms with E-state index in [0.717, 1.165) is 25.7 Å². The van der Waals surface area contributed by atoms with E-state index in [0.29, 0.717) is 23.6 Å². The number of carbonyl (C=O) groups is 2. The number of esters is 1. The molecule has 0 N–H and O–H groups in total. The summed E-state index contributed by atoms with van der Waals surface area (Å²) in [5, 5.41) is 0. The predicted octanol–water partition coefficient (Wildman–Crippen LogP) is 2.65. The lowest BCUT2D eigenvalue weighted by Crippen LogP contribution is -2.40. The van der Waals surface area contributed by atoms with Crippen LogP contribution >= 0.6 is 0 Å². The lowest BCUT2D eigenvalue weighted by atomic mass is 10.1. The lowest BCUT2D eigenvalue weighted by Gasteiger charge is -2.29. The van der Waals surface area contributed by atoms with Gasteiger partial charge in [0.25, 0.3) is 5.91 Å². The highest BCUT2D eigenvalue weighted by Gasteiger charge is 2.28. The smallest absolute Gasteiger partial charge is 0.307 e. The van der Waals surface area contributed by atoms with Gasteiger partial charge in [-0.25, -0.2) is 0 Å². The van der Waals surface area contributed by atoms with Crippen molar-refractivity contribution in [2.45, 2.75) is 38.1 Å². The van der Waals surface area contributed by atoms with Gasteiger partial charge < -0.3 is 19.1 Å². The highest BCUT2D eigenvalue weighted by atomic mass is 16.5. The first-order valence-corrected chi connectivity index (χ1v) is 8.20. The van der Waals surface area contributed by atoms with Crippen molar-refractivity contribution in [2.24, 2.45) is 0 Å². The number of carbonyl (C=O) groups excluding carboxylic acids is 2. The molecule has 1 saturated carbocycles. The van der Waals surface area contributed by atoms with Crippen molar-refractivity contribution in [1.29, 1.82) is 0 Å². The number of hydrogen-bond acceptors (Lipinski definition) is 5. The van der Waals surface area contributed by atoms with Crippen LogP contribution in [-0.4, -0.2) is 50.7 Å². The number of nitrogens with zero attached hydrogens (tertiary/aromatic N) is 1. The minimum atomic E-state index is -0.307. The second-order valence-electron chi connectivity index (χ2n) is 5.83. The summed E-state index contributed by atoms with van der Waals surface area (Å²) in [4.78, 5) is 26.3. The average molecular weight is 335 g/mol. The zero-order chi connectivity index (χ0) is 17.5. The van der Waals surface area contributed by atoms with Crippen LogP contribution in [0.4, 0.5) is 0 Å². The Bertz CT molecular complexity index is 581. The van der Waals surface area contributed by atoms with E-state index >= 15 is 0 Å². The number of rotatable bonds is 7. The highest BCUT2D eigenvalue weighted by molar-refractivity contribution is 5.95. The Hall–Kier alpha value is -2.24. The van der Waals surface area contributed by atoms with Crippen molar-refractivity contribution in [3.63, 3.8) is 0 Å². The first-order chi connectivity index (χ1) is 11.6. The zero-order valence-corrected chi connectivity index (χ0v) is 14.5. The minimum absolute atomic E-state index is 0.0910. The number of ether oxygens (including phenoxy) is 3. The molecule has 1 amide bonds. The first-order valence-electron chi connectivity index (χ1n) is 8.20. The molecule has 0 radical (unpaired) electrons. The van der Waals surface area contributed by atoms with Gasteiger partial charge in [-0.1, -0.05) is 12.8 Å². The van der Waals surface area contributed by atoms with Crippen molar-refractivity contribution >= 4 is 11.9 Å². The van der Waals surface area contributed by atoms with Crippen molar-refractivity contribution < 1.29 is 23.8 Å². The number of benzene rings is 1. The molecule has 0 saturated heterocycles. The van der Waals surface area contributed by atoms with Crippen molar-refractivity contribution in [2.75, 3.05) is 27.9 Å². The minimum Gasteiger partial charge on any atom is -0.493 e. The van der Waals surface area contributed by atoms with Gasteiger partial charge in [0.15, 0.2) is 11.5 Å². The molecule has 0 unspecified atom stereocenters. The van der Waals surface area contributed by atoms with Crippen LogP contribution in [-0.2, 0) is 9.53 Å². The van der Waals surface area contributed by atoms with Gasteiger partial charge in [-0.3, -0.25) is 9.59 Å². The standard InChI is InChI=1S/C18H25NO5/c1-22-15-9-8-13(12-16(15)23-2)18(21)19(11-10-17(20)24-3)14-6-4-5-7-14/h8-9,12,14H,4-7,10-11H2,1-3H3. The molecule has 6 heteroatoms. The van der Waals surface area contributed by atoms with Crippen molar-refractivity contribution in [1.82, 2.24) is 4.90 Å². The Morgan fingerprint density at radius 1 is 1.08 bits per heavy atom. The summed E-state index contributed by atoms with van der Waals surface area (Å²) in [5.41, 5.74) is 0.532. The first kappa shape index (κ1) is 18.1. The second kappa shape index (κ2) is 8.57. The largest absolute Gasteiger partial charge is 0.493 e. The van der Waals surface area contributed by atoms with Crippen LogP contribution in [0.25, 0.3) is 0 Å². The summed E-state index contributed by atoms with van der Waals surface area (Å²) < 4.78 is 15.2. The third-order valence-corrected chi connectivity index (χ3v) is 4.44. The zero-order valence-electron chi connectivity index (χ0n) is 14.5. The third-order valence-electron chi connectivity index (χ3n) is 4.44. The molecule has 1 aromatic rings. The van der Waals surface area contributed by atoms with Crippen LogP contribution in [0.5, 0.6) is 11.5 Å². The van der Waals surface area contributed by atoms with Crippen LogP contribution in [0.2, 0.25) is 0 Å². The van der Waals surface area contributed by atoms with Crippen molar-refractivity contribution in [3.8, 4) is 11.5 Å². The van der Waals surface area contributed by atoms with Gasteiger partial charge in [0.2, 0.25) is 0 Å². The summed E-state index contributed by atoms with van der Waals surface area (Å²) in [6, 6.07) is 5.31. The van der Waals surface area contributed by atoms with Crippen LogP contribution in [0.15, 0.2) is 18.2 Å². The summed E-state index contributed by atoms with van der Waals surface area (Å²) >= 11 is 0. The van der Waals surface area contributed by atoms with E-state index in [1.54, 1.807) is 30.2 Å². The number of methoxy groups -OCH3 is 3. The molecule has 0 aliphatic heterocycles. The van der Waals surface area contributed by atoms with Gasteiger partial charge in [-0.05, 0) is 31.0 Å². The van der Waals surface area contributed by atoms with Gasteiger partial charge in [0.05, 0.1) is 27.8 Å². The van der Waals surface area contributed by atoms with E-state index in [-0.39, 0.29) is 24.3 Å². The Morgan fingerprint density at radius 2 is 1.75 bits per heavy atom. The monoisotopic (exact) mass is 335 g/mol. The van der Waals surface area contributed by atoms with E-state index < -0.39 is 0 Å².